The van der Waals surface area contributed by atoms with Crippen LogP contribution in [0.4, 0.5) is 17.1 Å². The number of hydrogen-bond acceptors (Lipinski definition) is 2. The Morgan fingerprint density at radius 3 is 1.89 bits per heavy atom. The van der Waals surface area contributed by atoms with Crippen molar-refractivity contribution in [2.24, 2.45) is 0 Å². The number of pyridine rings is 1. The number of rotatable bonds is 5. The highest BCUT2D eigenvalue weighted by Gasteiger charge is 2.20. The molecule has 0 spiro atoms. The van der Waals surface area contributed by atoms with Gasteiger partial charge in [-0.3, -0.25) is 0 Å². The Labute approximate surface area is 321 Å². The average Bonchev–Trinajstić information content (AvgIpc) is 3.80. The van der Waals surface area contributed by atoms with Crippen LogP contribution < -0.4 is 4.90 Å². The normalized spacial score (nSPS) is 12.0. The van der Waals surface area contributed by atoms with E-state index in [2.05, 4.69) is 203 Å². The molecule has 9 aromatic carbocycles. The molecule has 2 nitrogen and oxygen atoms in total. The monoisotopic (exact) mass is 716 g/mol. The molecule has 0 amide bonds. The maximum atomic E-state index is 2.50. The van der Waals surface area contributed by atoms with Crippen molar-refractivity contribution in [1.29, 1.82) is 0 Å². The molecule has 12 aromatic rings. The van der Waals surface area contributed by atoms with Crippen molar-refractivity contribution in [1.82, 2.24) is 4.40 Å². The molecule has 55 heavy (non-hydrogen) atoms. The van der Waals surface area contributed by atoms with Crippen LogP contribution in [0.3, 0.4) is 0 Å². The predicted molar refractivity (Wildman–Crippen MR) is 237 cm³/mol. The van der Waals surface area contributed by atoms with Gasteiger partial charge in [-0.2, -0.15) is 0 Å². The number of fused-ring (bicyclic) bond motifs is 9. The lowest BCUT2D eigenvalue weighted by Crippen LogP contribution is -2.10. The summed E-state index contributed by atoms with van der Waals surface area (Å²) in [5, 5.41) is 10.4. The van der Waals surface area contributed by atoms with E-state index in [1.807, 2.05) is 11.3 Å². The molecule has 0 radical (unpaired) electrons. The smallest absolute Gasteiger partial charge is 0.0625 e. The standard InChI is InChI=1S/C52H32N2S/c1-2-10-33(11-3-1)34-20-24-38(25-21-34)53(40-26-29-50-46(32-40)43-16-5-7-19-49(43)55-50)39-14-8-13-36(30-39)37-23-27-42-45-28-22-35-12-9-17-44-41-15-4-6-18-47(41)54(48(42)31-37)52(45)51(35)44/h1-32H. The summed E-state index contributed by atoms with van der Waals surface area (Å²) < 4.78 is 5.12. The molecule has 0 unspecified atom stereocenters. The maximum Gasteiger partial charge on any atom is 0.0625 e. The van der Waals surface area contributed by atoms with E-state index in [1.54, 1.807) is 0 Å². The first kappa shape index (κ1) is 30.5. The lowest BCUT2D eigenvalue weighted by atomic mass is 9.98. The van der Waals surface area contributed by atoms with Crippen molar-refractivity contribution in [3.05, 3.63) is 194 Å². The highest BCUT2D eigenvalue weighted by atomic mass is 32.1. The van der Waals surface area contributed by atoms with Gasteiger partial charge in [0.05, 0.1) is 16.6 Å². The molecule has 3 aromatic heterocycles. The van der Waals surface area contributed by atoms with Gasteiger partial charge in [-0.1, -0.05) is 133 Å². The van der Waals surface area contributed by atoms with Crippen LogP contribution in [0.15, 0.2) is 194 Å². The van der Waals surface area contributed by atoms with Gasteiger partial charge in [0.25, 0.3) is 0 Å². The Balaban J connectivity index is 1.05. The van der Waals surface area contributed by atoms with Gasteiger partial charge in [-0.25, -0.2) is 0 Å². The lowest BCUT2D eigenvalue weighted by Gasteiger charge is -2.26. The van der Waals surface area contributed by atoms with Gasteiger partial charge in [-0.05, 0) is 93.7 Å². The number of anilines is 3. The van der Waals surface area contributed by atoms with E-state index in [1.165, 1.54) is 91.3 Å². The quantitative estimate of drug-likeness (QED) is 0.127. The van der Waals surface area contributed by atoms with Crippen molar-refractivity contribution in [2.75, 3.05) is 4.90 Å². The lowest BCUT2D eigenvalue weighted by molar-refractivity contribution is 1.29. The minimum absolute atomic E-state index is 1.12. The van der Waals surface area contributed by atoms with Gasteiger partial charge in [0.15, 0.2) is 0 Å². The predicted octanol–water partition coefficient (Wildman–Crippen LogP) is 15.2. The zero-order valence-electron chi connectivity index (χ0n) is 29.8. The van der Waals surface area contributed by atoms with Gasteiger partial charge in [0.1, 0.15) is 0 Å². The third kappa shape index (κ3) is 4.60. The second-order valence-electron chi connectivity index (χ2n) is 14.5. The molecule has 0 aliphatic carbocycles. The average molecular weight is 717 g/mol. The van der Waals surface area contributed by atoms with Gasteiger partial charge in [0, 0.05) is 58.8 Å². The van der Waals surface area contributed by atoms with Crippen molar-refractivity contribution in [3.63, 3.8) is 0 Å². The fraction of sp³-hybridized carbons (Fsp3) is 0. The van der Waals surface area contributed by atoms with Crippen LogP contribution in [-0.2, 0) is 0 Å². The number of benzene rings is 9. The van der Waals surface area contributed by atoms with E-state index in [4.69, 9.17) is 0 Å². The van der Waals surface area contributed by atoms with Crippen molar-refractivity contribution < 1.29 is 0 Å². The second kappa shape index (κ2) is 11.8. The Hall–Kier alpha value is -6.94. The highest BCUT2D eigenvalue weighted by molar-refractivity contribution is 7.25. The van der Waals surface area contributed by atoms with Crippen LogP contribution in [0.2, 0.25) is 0 Å². The molecule has 0 bridgehead atoms. The van der Waals surface area contributed by atoms with Crippen molar-refractivity contribution >= 4 is 97.4 Å². The minimum Gasteiger partial charge on any atom is -0.310 e. The molecule has 12 rings (SSSR count). The number of aromatic nitrogens is 1. The third-order valence-corrected chi connectivity index (χ3v) is 12.6. The van der Waals surface area contributed by atoms with E-state index < -0.39 is 0 Å². The number of nitrogens with zero attached hydrogens (tertiary/aromatic N) is 2. The fourth-order valence-electron chi connectivity index (χ4n) is 8.98. The molecule has 0 fully saturated rings. The number of thiophene rings is 1. The van der Waals surface area contributed by atoms with E-state index in [0.29, 0.717) is 0 Å². The first-order valence-corrected chi connectivity index (χ1v) is 19.7. The molecule has 0 aliphatic rings. The van der Waals surface area contributed by atoms with Crippen LogP contribution in [0.5, 0.6) is 0 Å². The van der Waals surface area contributed by atoms with Crippen LogP contribution in [0, 0.1) is 0 Å². The minimum atomic E-state index is 1.12. The van der Waals surface area contributed by atoms with E-state index >= 15 is 0 Å². The molecule has 256 valence electrons. The third-order valence-electron chi connectivity index (χ3n) is 11.5. The second-order valence-corrected chi connectivity index (χ2v) is 15.6. The van der Waals surface area contributed by atoms with Crippen LogP contribution in [0.25, 0.3) is 91.3 Å². The summed E-state index contributed by atoms with van der Waals surface area (Å²) in [5.41, 5.74) is 11.9. The molecule has 0 saturated carbocycles. The number of para-hydroxylation sites is 1. The van der Waals surface area contributed by atoms with E-state index in [9.17, 15) is 0 Å². The Morgan fingerprint density at radius 1 is 0.345 bits per heavy atom. The molecule has 3 heterocycles. The molecule has 3 heteroatoms. The Bertz CT molecular complexity index is 3430. The van der Waals surface area contributed by atoms with Gasteiger partial charge in [-0.15, -0.1) is 11.3 Å². The summed E-state index contributed by atoms with van der Waals surface area (Å²) in [4.78, 5) is 2.40. The van der Waals surface area contributed by atoms with Gasteiger partial charge in [0.2, 0.25) is 0 Å². The number of hydrogen-bond donors (Lipinski definition) is 0. The van der Waals surface area contributed by atoms with E-state index in [0.717, 1.165) is 17.1 Å². The van der Waals surface area contributed by atoms with Gasteiger partial charge >= 0.3 is 0 Å². The first-order valence-electron chi connectivity index (χ1n) is 18.8. The molecule has 0 N–H and O–H groups in total. The summed E-state index contributed by atoms with van der Waals surface area (Å²) in [6, 6.07) is 71.5. The molecule has 0 aliphatic heterocycles. The highest BCUT2D eigenvalue weighted by Crippen LogP contribution is 2.44. The molecule has 0 atom stereocenters. The zero-order chi connectivity index (χ0) is 36.0. The maximum absolute atomic E-state index is 2.50. The van der Waals surface area contributed by atoms with Crippen LogP contribution in [0.1, 0.15) is 0 Å². The zero-order valence-corrected chi connectivity index (χ0v) is 30.6. The van der Waals surface area contributed by atoms with Gasteiger partial charge < -0.3 is 9.30 Å². The van der Waals surface area contributed by atoms with Crippen molar-refractivity contribution in [2.45, 2.75) is 0 Å². The molecule has 0 saturated heterocycles. The first-order chi connectivity index (χ1) is 27.3. The van der Waals surface area contributed by atoms with Crippen LogP contribution in [-0.4, -0.2) is 4.40 Å². The Morgan fingerprint density at radius 2 is 0.982 bits per heavy atom. The molecular weight excluding hydrogens is 685 g/mol. The topological polar surface area (TPSA) is 7.65 Å². The summed E-state index contributed by atoms with van der Waals surface area (Å²) >= 11 is 1.86. The summed E-state index contributed by atoms with van der Waals surface area (Å²) in [6.45, 7) is 0. The SMILES string of the molecule is c1ccc(-c2ccc(N(c3cccc(-c4ccc5c6ccc7cccc8c9ccccc9n(c5c4)c6c78)c3)c3ccc4sc5ccccc5c4c3)cc2)cc1. The van der Waals surface area contributed by atoms with E-state index in [-0.39, 0.29) is 0 Å². The Kier molecular flexibility index (Phi) is 6.54. The van der Waals surface area contributed by atoms with Crippen molar-refractivity contribution in [3.8, 4) is 22.3 Å². The summed E-state index contributed by atoms with van der Waals surface area (Å²) in [6.07, 6.45) is 0. The summed E-state index contributed by atoms with van der Waals surface area (Å²) in [7, 11) is 0. The molecular formula is C52H32N2S. The summed E-state index contributed by atoms with van der Waals surface area (Å²) in [5.74, 6) is 0. The van der Waals surface area contributed by atoms with Crippen LogP contribution >= 0.6 is 11.3 Å². The largest absolute Gasteiger partial charge is 0.310 e. The fourth-order valence-corrected chi connectivity index (χ4v) is 10.1.